The molecule has 1 aromatic heterocycles. The molecule has 0 unspecified atom stereocenters. The van der Waals surface area contributed by atoms with Crippen LogP contribution in [-0.4, -0.2) is 62.6 Å². The van der Waals surface area contributed by atoms with Crippen LogP contribution in [0.5, 0.6) is 17.2 Å². The Kier molecular flexibility index (Phi) is 5.14. The van der Waals surface area contributed by atoms with Gasteiger partial charge in [-0.3, -0.25) is 4.90 Å². The molecule has 1 saturated carbocycles. The molecule has 2 aliphatic carbocycles. The third kappa shape index (κ3) is 3.05. The molecule has 7 heteroatoms. The van der Waals surface area contributed by atoms with Crippen LogP contribution < -0.4 is 14.8 Å². The maximum Gasteiger partial charge on any atom is 0.161 e. The van der Waals surface area contributed by atoms with Crippen LogP contribution in [0.1, 0.15) is 59.7 Å². The Labute approximate surface area is 218 Å². The summed E-state index contributed by atoms with van der Waals surface area (Å²) >= 11 is 0. The van der Waals surface area contributed by atoms with Crippen LogP contribution in [-0.2, 0) is 28.5 Å². The Morgan fingerprint density at radius 2 is 1.92 bits per heavy atom. The van der Waals surface area contributed by atoms with Crippen LogP contribution in [0.4, 0.5) is 0 Å². The number of nitrogens with one attached hydrogen (secondary N) is 2. The lowest BCUT2D eigenvalue weighted by Gasteiger charge is -2.52. The fraction of sp³-hybridized carbons (Fsp3) is 0.533. The van der Waals surface area contributed by atoms with Gasteiger partial charge < -0.3 is 29.6 Å². The molecule has 0 saturated heterocycles. The number of phenolic OH excluding ortho intramolecular Hbond substituents is 1. The zero-order valence-electron chi connectivity index (χ0n) is 22.2. The first kappa shape index (κ1) is 23.4. The number of fused-ring (bicyclic) bond motifs is 5. The van der Waals surface area contributed by atoms with Crippen LogP contribution >= 0.6 is 0 Å². The minimum Gasteiger partial charge on any atom is -0.504 e. The smallest absolute Gasteiger partial charge is 0.161 e. The summed E-state index contributed by atoms with van der Waals surface area (Å²) in [5.74, 6) is 1.80. The number of rotatable bonds is 3. The number of nitrogens with zero attached hydrogens (tertiary/aromatic N) is 1. The van der Waals surface area contributed by atoms with Gasteiger partial charge in [-0.25, -0.2) is 0 Å². The number of benzene rings is 2. The van der Waals surface area contributed by atoms with Gasteiger partial charge in [-0.1, -0.05) is 0 Å². The van der Waals surface area contributed by atoms with E-state index in [0.29, 0.717) is 17.5 Å². The van der Waals surface area contributed by atoms with Crippen molar-refractivity contribution in [2.24, 2.45) is 0 Å². The van der Waals surface area contributed by atoms with Crippen LogP contribution in [0.15, 0.2) is 24.3 Å². The molecule has 3 N–H and O–H groups in total. The summed E-state index contributed by atoms with van der Waals surface area (Å²) in [7, 11) is 7.45. The molecule has 0 bridgehead atoms. The average molecular weight is 504 g/mol. The molecule has 2 aromatic carbocycles. The van der Waals surface area contributed by atoms with Crippen molar-refractivity contribution in [1.29, 1.82) is 0 Å². The van der Waals surface area contributed by atoms with Gasteiger partial charge in [-0.2, -0.15) is 0 Å². The number of methoxy groups -OCH3 is 3. The van der Waals surface area contributed by atoms with Gasteiger partial charge in [-0.05, 0) is 80.5 Å². The average Bonchev–Trinajstić information content (AvgIpc) is 3.47. The van der Waals surface area contributed by atoms with Crippen molar-refractivity contribution in [3.8, 4) is 17.2 Å². The topological polar surface area (TPSA) is 79.0 Å². The highest BCUT2D eigenvalue weighted by Crippen LogP contribution is 2.63. The summed E-state index contributed by atoms with van der Waals surface area (Å²) in [4.78, 5) is 6.26. The molecular weight excluding hydrogens is 466 g/mol. The lowest BCUT2D eigenvalue weighted by molar-refractivity contribution is -0.0482. The summed E-state index contributed by atoms with van der Waals surface area (Å²) in [6, 6.07) is 8.74. The predicted molar refractivity (Wildman–Crippen MR) is 143 cm³/mol. The molecule has 0 amide bonds. The Hall–Kier alpha value is -2.74. The molecule has 4 aliphatic rings. The van der Waals surface area contributed by atoms with E-state index in [1.165, 1.54) is 27.8 Å². The first-order chi connectivity index (χ1) is 17.9. The van der Waals surface area contributed by atoms with Crippen molar-refractivity contribution in [3.05, 3.63) is 52.2 Å². The van der Waals surface area contributed by atoms with Gasteiger partial charge in [0.15, 0.2) is 11.5 Å². The van der Waals surface area contributed by atoms with Gasteiger partial charge in [0, 0.05) is 59.9 Å². The second kappa shape index (κ2) is 8.13. The fourth-order valence-electron chi connectivity index (χ4n) is 8.31. The highest BCUT2D eigenvalue weighted by Gasteiger charge is 2.58. The normalized spacial score (nSPS) is 30.6. The van der Waals surface area contributed by atoms with Crippen molar-refractivity contribution in [1.82, 2.24) is 15.2 Å². The van der Waals surface area contributed by atoms with Gasteiger partial charge in [0.1, 0.15) is 5.75 Å². The van der Waals surface area contributed by atoms with E-state index in [9.17, 15) is 5.11 Å². The first-order valence-corrected chi connectivity index (χ1v) is 13.5. The second-order valence-electron chi connectivity index (χ2n) is 11.6. The van der Waals surface area contributed by atoms with Gasteiger partial charge in [0.05, 0.1) is 25.9 Å². The lowest BCUT2D eigenvalue weighted by atomic mass is 9.61. The zero-order valence-corrected chi connectivity index (χ0v) is 22.2. The number of hydrogen-bond acceptors (Lipinski definition) is 6. The van der Waals surface area contributed by atoms with Crippen molar-refractivity contribution >= 4 is 10.9 Å². The van der Waals surface area contributed by atoms with Gasteiger partial charge in [-0.15, -0.1) is 0 Å². The first-order valence-electron chi connectivity index (χ1n) is 13.5. The monoisotopic (exact) mass is 503 g/mol. The summed E-state index contributed by atoms with van der Waals surface area (Å²) in [5, 5.41) is 16.7. The highest BCUT2D eigenvalue weighted by atomic mass is 16.5. The Morgan fingerprint density at radius 1 is 1.05 bits per heavy atom. The number of aromatic nitrogens is 1. The van der Waals surface area contributed by atoms with E-state index in [2.05, 4.69) is 46.5 Å². The van der Waals surface area contributed by atoms with Crippen molar-refractivity contribution in [2.75, 3.05) is 41.5 Å². The van der Waals surface area contributed by atoms with Crippen LogP contribution in [0.2, 0.25) is 0 Å². The number of hydrogen-bond donors (Lipinski definition) is 3. The molecule has 2 spiro atoms. The largest absolute Gasteiger partial charge is 0.504 e. The number of H-pyrrole nitrogens is 1. The van der Waals surface area contributed by atoms with E-state index < -0.39 is 0 Å². The molecule has 4 atom stereocenters. The van der Waals surface area contributed by atoms with Crippen molar-refractivity contribution in [3.63, 3.8) is 0 Å². The van der Waals surface area contributed by atoms with E-state index in [0.717, 1.165) is 68.4 Å². The molecule has 196 valence electrons. The molecule has 0 radical (unpaired) electrons. The Bertz CT molecular complexity index is 1400. The van der Waals surface area contributed by atoms with E-state index in [1.807, 2.05) is 7.11 Å². The summed E-state index contributed by atoms with van der Waals surface area (Å²) in [6.07, 6.45) is 5.72. The molecule has 1 fully saturated rings. The quantitative estimate of drug-likeness (QED) is 0.495. The van der Waals surface area contributed by atoms with Gasteiger partial charge >= 0.3 is 0 Å². The van der Waals surface area contributed by atoms with Crippen LogP contribution in [0.3, 0.4) is 0 Å². The number of likely N-dealkylation sites (N-methyl/N-ethyl adjacent to an activating group) is 1. The lowest BCUT2D eigenvalue weighted by Crippen LogP contribution is -2.60. The SMILES string of the molecule is COc1ccc2c3c([nH]c2c1)[C@]1(CC[C@]2(C[C@@H]1OC)C[C@H]1c4c(cc(OC)c(O)c42)CCN1C)NCC3. The molecule has 7 nitrogen and oxygen atoms in total. The fourth-order valence-corrected chi connectivity index (χ4v) is 8.31. The molecule has 2 aliphatic heterocycles. The standard InChI is InChI=1S/C30H37N3O4/c1-33-12-8-17-13-23(36-3)27(34)26-25(17)22(33)15-29(26)9-10-30(24(16-29)37-4)28-20(7-11-31-30)19-6-5-18(35-2)14-21(19)32-28/h5-6,13-14,22,24,31-32,34H,7-12,15-16H2,1-4H3/t22-,24-,29+,30+/m0/s1. The number of aromatic hydroxyl groups is 1. The van der Waals surface area contributed by atoms with E-state index in [1.54, 1.807) is 14.2 Å². The van der Waals surface area contributed by atoms with E-state index >= 15 is 0 Å². The number of ether oxygens (including phenoxy) is 3. The zero-order chi connectivity index (χ0) is 25.5. The van der Waals surface area contributed by atoms with Crippen LogP contribution in [0.25, 0.3) is 10.9 Å². The minimum absolute atomic E-state index is 0.0398. The summed E-state index contributed by atoms with van der Waals surface area (Å²) < 4.78 is 17.6. The molecule has 3 aromatic rings. The molecular formula is C30H37N3O4. The van der Waals surface area contributed by atoms with Gasteiger partial charge in [0.25, 0.3) is 0 Å². The van der Waals surface area contributed by atoms with E-state index in [-0.39, 0.29) is 17.1 Å². The van der Waals surface area contributed by atoms with Gasteiger partial charge in [0.2, 0.25) is 0 Å². The maximum absolute atomic E-state index is 11.5. The Balaban J connectivity index is 1.35. The van der Waals surface area contributed by atoms with Crippen molar-refractivity contribution < 1.29 is 19.3 Å². The molecule has 37 heavy (non-hydrogen) atoms. The molecule has 3 heterocycles. The predicted octanol–water partition coefficient (Wildman–Crippen LogP) is 4.30. The maximum atomic E-state index is 11.5. The summed E-state index contributed by atoms with van der Waals surface area (Å²) in [6.45, 7) is 1.95. The minimum atomic E-state index is -0.290. The Morgan fingerprint density at radius 3 is 2.70 bits per heavy atom. The van der Waals surface area contributed by atoms with E-state index in [4.69, 9.17) is 14.2 Å². The number of phenols is 1. The van der Waals surface area contributed by atoms with Crippen molar-refractivity contribution in [2.45, 2.75) is 61.6 Å². The third-order valence-electron chi connectivity index (χ3n) is 10.1. The third-order valence-corrected chi connectivity index (χ3v) is 10.1. The summed E-state index contributed by atoms with van der Waals surface area (Å²) in [5.41, 5.74) is 7.13. The van der Waals surface area contributed by atoms with Crippen LogP contribution in [0, 0.1) is 0 Å². The number of aromatic amines is 1. The highest BCUT2D eigenvalue weighted by molar-refractivity contribution is 5.86. The second-order valence-corrected chi connectivity index (χ2v) is 11.6. The molecule has 7 rings (SSSR count).